The van der Waals surface area contributed by atoms with Gasteiger partial charge in [-0.25, -0.2) is 0 Å². The number of carbonyl (C=O) groups is 1. The Hall–Kier alpha value is -1.11. The molecular formula is C16H24O. The van der Waals surface area contributed by atoms with Crippen LogP contribution in [-0.4, -0.2) is 5.78 Å². The van der Waals surface area contributed by atoms with Gasteiger partial charge in [-0.15, -0.1) is 0 Å². The van der Waals surface area contributed by atoms with Gasteiger partial charge in [-0.3, -0.25) is 4.79 Å². The fourth-order valence-electron chi connectivity index (χ4n) is 2.56. The van der Waals surface area contributed by atoms with Gasteiger partial charge in [0.25, 0.3) is 0 Å². The first kappa shape index (κ1) is 14.0. The van der Waals surface area contributed by atoms with E-state index in [1.54, 1.807) is 0 Å². The average molecular weight is 232 g/mol. The van der Waals surface area contributed by atoms with Gasteiger partial charge in [0, 0.05) is 5.92 Å². The molecule has 0 bridgehead atoms. The van der Waals surface area contributed by atoms with Gasteiger partial charge in [0.1, 0.15) is 5.78 Å². The molecule has 0 aliphatic heterocycles. The van der Waals surface area contributed by atoms with Gasteiger partial charge in [0.15, 0.2) is 0 Å². The molecule has 94 valence electrons. The second kappa shape index (κ2) is 6.00. The first-order valence-corrected chi connectivity index (χ1v) is 6.72. The summed E-state index contributed by atoms with van der Waals surface area (Å²) < 4.78 is 0. The summed E-state index contributed by atoms with van der Waals surface area (Å²) in [5.41, 5.74) is 0.895. The van der Waals surface area contributed by atoms with Crippen LogP contribution in [0.15, 0.2) is 30.3 Å². The van der Waals surface area contributed by atoms with Gasteiger partial charge < -0.3 is 0 Å². The van der Waals surface area contributed by atoms with Crippen molar-refractivity contribution < 1.29 is 4.79 Å². The molecule has 0 spiro atoms. The van der Waals surface area contributed by atoms with Crippen LogP contribution in [0.25, 0.3) is 0 Å². The molecule has 0 saturated heterocycles. The second-order valence-electron chi connectivity index (χ2n) is 4.83. The third kappa shape index (κ3) is 2.59. The van der Waals surface area contributed by atoms with Gasteiger partial charge in [0.05, 0.1) is 5.41 Å². The van der Waals surface area contributed by atoms with E-state index in [1.807, 2.05) is 25.1 Å². The number of benzene rings is 1. The van der Waals surface area contributed by atoms with Gasteiger partial charge in [-0.1, -0.05) is 58.0 Å². The number of Topliss-reactive ketones (excluding diaryl/α,β-unsaturated/α-hetero) is 1. The van der Waals surface area contributed by atoms with Crippen LogP contribution in [0.2, 0.25) is 0 Å². The van der Waals surface area contributed by atoms with Crippen molar-refractivity contribution in [1.82, 2.24) is 0 Å². The predicted molar refractivity (Wildman–Crippen MR) is 73.2 cm³/mol. The van der Waals surface area contributed by atoms with Crippen LogP contribution in [0.4, 0.5) is 0 Å². The Morgan fingerprint density at radius 2 is 1.65 bits per heavy atom. The zero-order valence-electron chi connectivity index (χ0n) is 11.5. The number of hydrogen-bond acceptors (Lipinski definition) is 1. The summed E-state index contributed by atoms with van der Waals surface area (Å²) >= 11 is 0. The highest BCUT2D eigenvalue weighted by Crippen LogP contribution is 2.35. The first-order chi connectivity index (χ1) is 8.12. The summed E-state index contributed by atoms with van der Waals surface area (Å²) in [5.74, 6) is 0.548. The summed E-state index contributed by atoms with van der Waals surface area (Å²) in [6.07, 6.45) is 2.70. The normalized spacial score (nSPS) is 13.4. The number of hydrogen-bond donors (Lipinski definition) is 0. The van der Waals surface area contributed by atoms with Gasteiger partial charge in [-0.2, -0.15) is 0 Å². The zero-order valence-corrected chi connectivity index (χ0v) is 11.5. The van der Waals surface area contributed by atoms with Crippen molar-refractivity contribution in [3.63, 3.8) is 0 Å². The van der Waals surface area contributed by atoms with Crippen LogP contribution in [0.1, 0.15) is 52.5 Å². The van der Waals surface area contributed by atoms with E-state index < -0.39 is 0 Å². The predicted octanol–water partition coefficient (Wildman–Crippen LogP) is 4.36. The maximum Gasteiger partial charge on any atom is 0.146 e. The standard InChI is InChI=1S/C16H24O/c1-5-13(4)15(17)16(6-2,7-3)14-11-9-8-10-12-14/h8-13H,5-7H2,1-4H3. The van der Waals surface area contributed by atoms with Crippen molar-refractivity contribution in [2.24, 2.45) is 5.92 Å². The molecule has 0 aliphatic carbocycles. The highest BCUT2D eigenvalue weighted by molar-refractivity contribution is 5.91. The third-order valence-electron chi connectivity index (χ3n) is 4.07. The quantitative estimate of drug-likeness (QED) is 0.712. The smallest absolute Gasteiger partial charge is 0.146 e. The van der Waals surface area contributed by atoms with Gasteiger partial charge in [-0.05, 0) is 24.8 Å². The lowest BCUT2D eigenvalue weighted by molar-refractivity contribution is -0.128. The van der Waals surface area contributed by atoms with Crippen LogP contribution in [-0.2, 0) is 10.2 Å². The van der Waals surface area contributed by atoms with Crippen LogP contribution >= 0.6 is 0 Å². The van der Waals surface area contributed by atoms with Crippen LogP contribution in [0, 0.1) is 5.92 Å². The van der Waals surface area contributed by atoms with Crippen LogP contribution in [0.3, 0.4) is 0 Å². The molecule has 1 aromatic rings. The van der Waals surface area contributed by atoms with Crippen molar-refractivity contribution in [3.8, 4) is 0 Å². The summed E-state index contributed by atoms with van der Waals surface area (Å²) in [7, 11) is 0. The molecular weight excluding hydrogens is 208 g/mol. The molecule has 17 heavy (non-hydrogen) atoms. The van der Waals surface area contributed by atoms with Crippen molar-refractivity contribution >= 4 is 5.78 Å². The molecule has 0 fully saturated rings. The molecule has 1 heteroatoms. The Labute approximate surface area is 105 Å². The van der Waals surface area contributed by atoms with E-state index in [0.717, 1.165) is 19.3 Å². The lowest BCUT2D eigenvalue weighted by Crippen LogP contribution is -2.38. The molecule has 0 saturated carbocycles. The summed E-state index contributed by atoms with van der Waals surface area (Å²) in [6, 6.07) is 10.2. The van der Waals surface area contributed by atoms with Crippen molar-refractivity contribution in [3.05, 3.63) is 35.9 Å². The van der Waals surface area contributed by atoms with E-state index >= 15 is 0 Å². The molecule has 0 N–H and O–H groups in total. The topological polar surface area (TPSA) is 17.1 Å². The Balaban J connectivity index is 3.18. The number of ketones is 1. The minimum Gasteiger partial charge on any atom is -0.298 e. The zero-order chi connectivity index (χ0) is 12.9. The molecule has 1 atom stereocenters. The molecule has 1 rings (SSSR count). The monoisotopic (exact) mass is 232 g/mol. The highest BCUT2D eigenvalue weighted by Gasteiger charge is 2.38. The maximum absolute atomic E-state index is 12.7. The Morgan fingerprint density at radius 3 is 2.06 bits per heavy atom. The molecule has 0 radical (unpaired) electrons. The van der Waals surface area contributed by atoms with Crippen molar-refractivity contribution in [2.45, 2.75) is 52.4 Å². The number of carbonyl (C=O) groups excluding carboxylic acids is 1. The van der Waals surface area contributed by atoms with Crippen molar-refractivity contribution in [2.75, 3.05) is 0 Å². The lowest BCUT2D eigenvalue weighted by atomic mass is 9.69. The maximum atomic E-state index is 12.7. The minimum absolute atomic E-state index is 0.148. The van der Waals surface area contributed by atoms with Crippen molar-refractivity contribution in [1.29, 1.82) is 0 Å². The van der Waals surface area contributed by atoms with E-state index in [9.17, 15) is 4.79 Å². The molecule has 1 nitrogen and oxygen atoms in total. The molecule has 0 aromatic heterocycles. The minimum atomic E-state index is -0.281. The van der Waals surface area contributed by atoms with Gasteiger partial charge in [0.2, 0.25) is 0 Å². The largest absolute Gasteiger partial charge is 0.298 e. The summed E-state index contributed by atoms with van der Waals surface area (Å²) in [4.78, 5) is 12.7. The first-order valence-electron chi connectivity index (χ1n) is 6.72. The second-order valence-corrected chi connectivity index (χ2v) is 4.83. The number of rotatable bonds is 6. The fraction of sp³-hybridized carbons (Fsp3) is 0.562. The summed E-state index contributed by atoms with van der Waals surface area (Å²) in [6.45, 7) is 8.38. The molecule has 0 amide bonds. The van der Waals surface area contributed by atoms with E-state index in [4.69, 9.17) is 0 Å². The van der Waals surface area contributed by atoms with Gasteiger partial charge >= 0.3 is 0 Å². The van der Waals surface area contributed by atoms with Crippen LogP contribution < -0.4 is 0 Å². The SMILES string of the molecule is CCC(C)C(=O)C(CC)(CC)c1ccccc1. The van der Waals surface area contributed by atoms with Crippen LogP contribution in [0.5, 0.6) is 0 Å². The average Bonchev–Trinajstić information content (AvgIpc) is 2.41. The Morgan fingerprint density at radius 1 is 1.12 bits per heavy atom. The molecule has 0 aliphatic rings. The third-order valence-corrected chi connectivity index (χ3v) is 4.07. The van der Waals surface area contributed by atoms with E-state index in [0.29, 0.717) is 5.78 Å². The molecule has 1 unspecified atom stereocenters. The van der Waals surface area contributed by atoms with E-state index in [-0.39, 0.29) is 11.3 Å². The Bertz CT molecular complexity index is 349. The lowest BCUT2D eigenvalue weighted by Gasteiger charge is -2.33. The molecule has 1 aromatic carbocycles. The fourth-order valence-corrected chi connectivity index (χ4v) is 2.56. The van der Waals surface area contributed by atoms with E-state index in [2.05, 4.69) is 32.9 Å². The van der Waals surface area contributed by atoms with E-state index in [1.165, 1.54) is 5.56 Å². The Kier molecular flexibility index (Phi) is 4.92. The summed E-state index contributed by atoms with van der Waals surface area (Å²) in [5, 5.41) is 0. The molecule has 0 heterocycles. The highest BCUT2D eigenvalue weighted by atomic mass is 16.1.